The second kappa shape index (κ2) is 4.42. The fourth-order valence-electron chi connectivity index (χ4n) is 3.24. The topological polar surface area (TPSA) is 33.1 Å². The molecular formula is C13H22N4. The molecule has 2 aliphatic rings. The number of nitrogens with one attached hydrogen (secondary N) is 1. The van der Waals surface area contributed by atoms with Crippen molar-refractivity contribution < 1.29 is 0 Å². The highest BCUT2D eigenvalue weighted by Gasteiger charge is 2.36. The SMILES string of the molecule is CC(C)n1nccc1CN1C[C@H]2CNC[C@H]2C1. The Morgan fingerprint density at radius 1 is 1.35 bits per heavy atom. The summed E-state index contributed by atoms with van der Waals surface area (Å²) in [7, 11) is 0. The Morgan fingerprint density at radius 3 is 2.71 bits per heavy atom. The molecule has 0 unspecified atom stereocenters. The molecule has 0 saturated carbocycles. The molecule has 94 valence electrons. The van der Waals surface area contributed by atoms with Crippen molar-refractivity contribution in [1.82, 2.24) is 20.0 Å². The number of fused-ring (bicyclic) bond motifs is 1. The van der Waals surface area contributed by atoms with Crippen LogP contribution < -0.4 is 5.32 Å². The number of likely N-dealkylation sites (tertiary alicyclic amines) is 1. The molecule has 0 bridgehead atoms. The highest BCUT2D eigenvalue weighted by Crippen LogP contribution is 2.27. The molecule has 0 aromatic carbocycles. The molecule has 0 aliphatic carbocycles. The van der Waals surface area contributed by atoms with Crippen molar-refractivity contribution in [1.29, 1.82) is 0 Å². The van der Waals surface area contributed by atoms with Crippen LogP contribution in [0.25, 0.3) is 0 Å². The average molecular weight is 234 g/mol. The lowest BCUT2D eigenvalue weighted by Gasteiger charge is -2.19. The van der Waals surface area contributed by atoms with Crippen LogP contribution in [-0.4, -0.2) is 40.9 Å². The van der Waals surface area contributed by atoms with E-state index in [1.165, 1.54) is 31.9 Å². The molecule has 17 heavy (non-hydrogen) atoms. The van der Waals surface area contributed by atoms with Gasteiger partial charge in [0, 0.05) is 31.9 Å². The van der Waals surface area contributed by atoms with Gasteiger partial charge in [-0.3, -0.25) is 9.58 Å². The van der Waals surface area contributed by atoms with Gasteiger partial charge in [-0.2, -0.15) is 5.10 Å². The van der Waals surface area contributed by atoms with Crippen LogP contribution in [0.2, 0.25) is 0 Å². The maximum absolute atomic E-state index is 4.41. The van der Waals surface area contributed by atoms with Crippen LogP contribution in [0, 0.1) is 11.8 Å². The lowest BCUT2D eigenvalue weighted by molar-refractivity contribution is 0.291. The van der Waals surface area contributed by atoms with Crippen LogP contribution in [0.5, 0.6) is 0 Å². The second-order valence-corrected chi connectivity index (χ2v) is 5.73. The van der Waals surface area contributed by atoms with Gasteiger partial charge in [0.25, 0.3) is 0 Å². The van der Waals surface area contributed by atoms with E-state index < -0.39 is 0 Å². The summed E-state index contributed by atoms with van der Waals surface area (Å²) in [6, 6.07) is 2.62. The summed E-state index contributed by atoms with van der Waals surface area (Å²) < 4.78 is 2.15. The summed E-state index contributed by atoms with van der Waals surface area (Å²) in [5.74, 6) is 1.76. The molecule has 2 atom stereocenters. The van der Waals surface area contributed by atoms with Crippen LogP contribution in [0.3, 0.4) is 0 Å². The molecule has 0 amide bonds. The number of aromatic nitrogens is 2. The Hall–Kier alpha value is -0.870. The first kappa shape index (κ1) is 11.2. The quantitative estimate of drug-likeness (QED) is 0.850. The van der Waals surface area contributed by atoms with E-state index in [0.717, 1.165) is 18.4 Å². The van der Waals surface area contributed by atoms with Crippen molar-refractivity contribution in [2.24, 2.45) is 11.8 Å². The van der Waals surface area contributed by atoms with Gasteiger partial charge in [0.05, 0.1) is 5.69 Å². The summed E-state index contributed by atoms with van der Waals surface area (Å²) in [4.78, 5) is 2.59. The summed E-state index contributed by atoms with van der Waals surface area (Å²) >= 11 is 0. The van der Waals surface area contributed by atoms with Crippen LogP contribution >= 0.6 is 0 Å². The molecule has 1 aromatic rings. The highest BCUT2D eigenvalue weighted by atomic mass is 15.3. The molecule has 2 aliphatic heterocycles. The monoisotopic (exact) mass is 234 g/mol. The third-order valence-electron chi connectivity index (χ3n) is 4.09. The Labute approximate surface area is 103 Å². The molecular weight excluding hydrogens is 212 g/mol. The third kappa shape index (κ3) is 2.11. The van der Waals surface area contributed by atoms with E-state index in [-0.39, 0.29) is 0 Å². The zero-order valence-corrected chi connectivity index (χ0v) is 10.8. The van der Waals surface area contributed by atoms with E-state index in [2.05, 4.69) is 39.9 Å². The zero-order chi connectivity index (χ0) is 11.8. The number of nitrogens with zero attached hydrogens (tertiary/aromatic N) is 3. The number of rotatable bonds is 3. The predicted molar refractivity (Wildman–Crippen MR) is 67.7 cm³/mol. The van der Waals surface area contributed by atoms with E-state index in [9.17, 15) is 0 Å². The molecule has 0 radical (unpaired) electrons. The maximum Gasteiger partial charge on any atom is 0.0527 e. The largest absolute Gasteiger partial charge is 0.316 e. The maximum atomic E-state index is 4.41. The van der Waals surface area contributed by atoms with Crippen LogP contribution in [-0.2, 0) is 6.54 Å². The van der Waals surface area contributed by atoms with Crippen molar-refractivity contribution in [3.8, 4) is 0 Å². The van der Waals surface area contributed by atoms with Gasteiger partial charge in [-0.1, -0.05) is 0 Å². The highest BCUT2D eigenvalue weighted by molar-refractivity contribution is 5.03. The van der Waals surface area contributed by atoms with Gasteiger partial charge in [-0.05, 0) is 44.8 Å². The molecule has 0 spiro atoms. The van der Waals surface area contributed by atoms with Crippen molar-refractivity contribution in [2.75, 3.05) is 26.2 Å². The average Bonchev–Trinajstić information content (AvgIpc) is 2.91. The van der Waals surface area contributed by atoms with Gasteiger partial charge in [0.2, 0.25) is 0 Å². The first-order valence-electron chi connectivity index (χ1n) is 6.69. The fourth-order valence-corrected chi connectivity index (χ4v) is 3.24. The minimum atomic E-state index is 0.462. The van der Waals surface area contributed by atoms with Gasteiger partial charge in [-0.25, -0.2) is 0 Å². The van der Waals surface area contributed by atoms with Crippen molar-refractivity contribution >= 4 is 0 Å². The number of hydrogen-bond donors (Lipinski definition) is 1. The van der Waals surface area contributed by atoms with E-state index in [1.54, 1.807) is 0 Å². The third-order valence-corrected chi connectivity index (χ3v) is 4.09. The molecule has 3 heterocycles. The Morgan fingerprint density at radius 2 is 2.06 bits per heavy atom. The summed E-state index contributed by atoms with van der Waals surface area (Å²) in [5.41, 5.74) is 1.35. The van der Waals surface area contributed by atoms with Crippen LogP contribution in [0.4, 0.5) is 0 Å². The molecule has 1 aromatic heterocycles. The van der Waals surface area contributed by atoms with Crippen molar-refractivity contribution in [3.05, 3.63) is 18.0 Å². The van der Waals surface area contributed by atoms with Gasteiger partial charge in [0.15, 0.2) is 0 Å². The molecule has 3 rings (SSSR count). The van der Waals surface area contributed by atoms with Crippen LogP contribution in [0.1, 0.15) is 25.6 Å². The Kier molecular flexibility index (Phi) is 2.92. The first-order chi connectivity index (χ1) is 8.24. The zero-order valence-electron chi connectivity index (χ0n) is 10.8. The minimum absolute atomic E-state index is 0.462. The summed E-state index contributed by atoms with van der Waals surface area (Å²) in [5, 5.41) is 7.90. The van der Waals surface area contributed by atoms with Gasteiger partial charge in [-0.15, -0.1) is 0 Å². The smallest absolute Gasteiger partial charge is 0.0527 e. The lowest BCUT2D eigenvalue weighted by atomic mass is 10.0. The molecule has 2 fully saturated rings. The standard InChI is InChI=1S/C13H22N4/c1-10(2)17-13(3-4-15-17)9-16-7-11-5-14-6-12(11)8-16/h3-4,10-12,14H,5-9H2,1-2H3/t11-,12+. The van der Waals surface area contributed by atoms with Gasteiger partial charge < -0.3 is 5.32 Å². The lowest BCUT2D eigenvalue weighted by Crippen LogP contribution is -2.26. The van der Waals surface area contributed by atoms with Crippen molar-refractivity contribution in [3.63, 3.8) is 0 Å². The second-order valence-electron chi connectivity index (χ2n) is 5.73. The summed E-state index contributed by atoms with van der Waals surface area (Å²) in [6.07, 6.45) is 1.92. The molecule has 2 saturated heterocycles. The van der Waals surface area contributed by atoms with Gasteiger partial charge in [0.1, 0.15) is 0 Å². The van der Waals surface area contributed by atoms with E-state index in [4.69, 9.17) is 0 Å². The Bertz CT molecular complexity index is 373. The predicted octanol–water partition coefficient (Wildman–Crippen LogP) is 1.12. The van der Waals surface area contributed by atoms with Crippen LogP contribution in [0.15, 0.2) is 12.3 Å². The fraction of sp³-hybridized carbons (Fsp3) is 0.769. The molecule has 1 N–H and O–H groups in total. The van der Waals surface area contributed by atoms with Crippen molar-refractivity contribution in [2.45, 2.75) is 26.4 Å². The first-order valence-corrected chi connectivity index (χ1v) is 6.69. The van der Waals surface area contributed by atoms with E-state index >= 15 is 0 Å². The molecule has 4 nitrogen and oxygen atoms in total. The Balaban J connectivity index is 1.65. The summed E-state index contributed by atoms with van der Waals surface area (Å²) in [6.45, 7) is 10.4. The molecule has 4 heteroatoms. The minimum Gasteiger partial charge on any atom is -0.316 e. The van der Waals surface area contributed by atoms with Gasteiger partial charge >= 0.3 is 0 Å². The van der Waals surface area contributed by atoms with E-state index in [0.29, 0.717) is 6.04 Å². The normalized spacial score (nSPS) is 29.1. The number of hydrogen-bond acceptors (Lipinski definition) is 3. The van der Waals surface area contributed by atoms with E-state index in [1.807, 2.05) is 6.20 Å².